The number of rotatable bonds is 2. The van der Waals surface area contributed by atoms with Crippen LogP contribution in [-0.4, -0.2) is 12.3 Å². The minimum Gasteiger partial charge on any atom is -0.385 e. The van der Waals surface area contributed by atoms with Gasteiger partial charge in [0.1, 0.15) is 0 Å². The van der Waals surface area contributed by atoms with Crippen molar-refractivity contribution >= 4 is 11.5 Å². The second-order valence-electron chi connectivity index (χ2n) is 3.93. The molecule has 0 spiro atoms. The predicted molar refractivity (Wildman–Crippen MR) is 65.7 cm³/mol. The zero-order valence-electron chi connectivity index (χ0n) is 9.47. The SMILES string of the molecule is CC#CCC(=O)c1ccc2c(c1)CCCN2. The lowest BCUT2D eigenvalue weighted by Crippen LogP contribution is -2.12. The Bertz CT molecular complexity index is 465. The molecule has 1 aliphatic rings. The van der Waals surface area contributed by atoms with E-state index in [1.54, 1.807) is 6.92 Å². The molecule has 0 radical (unpaired) electrons. The molecule has 0 saturated carbocycles. The highest BCUT2D eigenvalue weighted by atomic mass is 16.1. The van der Waals surface area contributed by atoms with E-state index in [1.165, 1.54) is 11.3 Å². The molecule has 0 unspecified atom stereocenters. The number of anilines is 1. The van der Waals surface area contributed by atoms with Crippen LogP contribution in [0.3, 0.4) is 0 Å². The number of nitrogens with one attached hydrogen (secondary N) is 1. The van der Waals surface area contributed by atoms with E-state index >= 15 is 0 Å². The van der Waals surface area contributed by atoms with Crippen molar-refractivity contribution in [1.82, 2.24) is 0 Å². The van der Waals surface area contributed by atoms with Crippen LogP contribution >= 0.6 is 0 Å². The summed E-state index contributed by atoms with van der Waals surface area (Å²) >= 11 is 0. The number of aryl methyl sites for hydroxylation is 1. The first-order valence-electron chi connectivity index (χ1n) is 5.61. The summed E-state index contributed by atoms with van der Waals surface area (Å²) in [5, 5.41) is 3.33. The Morgan fingerprint density at radius 3 is 3.19 bits per heavy atom. The molecule has 1 heterocycles. The van der Waals surface area contributed by atoms with Crippen LogP contribution in [0.15, 0.2) is 18.2 Å². The van der Waals surface area contributed by atoms with Crippen LogP contribution in [0.1, 0.15) is 35.7 Å². The van der Waals surface area contributed by atoms with Crippen molar-refractivity contribution in [2.24, 2.45) is 0 Å². The van der Waals surface area contributed by atoms with Crippen LogP contribution < -0.4 is 5.32 Å². The fraction of sp³-hybridized carbons (Fsp3) is 0.357. The van der Waals surface area contributed by atoms with Crippen LogP contribution in [0.25, 0.3) is 0 Å². The molecule has 0 atom stereocenters. The molecule has 1 aromatic carbocycles. The first-order valence-corrected chi connectivity index (χ1v) is 5.61. The largest absolute Gasteiger partial charge is 0.385 e. The summed E-state index contributed by atoms with van der Waals surface area (Å²) in [6.07, 6.45) is 2.52. The van der Waals surface area contributed by atoms with Crippen LogP contribution in [0.5, 0.6) is 0 Å². The third-order valence-electron chi connectivity index (χ3n) is 2.79. The molecular weight excluding hydrogens is 198 g/mol. The van der Waals surface area contributed by atoms with Gasteiger partial charge in [0.05, 0.1) is 6.42 Å². The summed E-state index contributed by atoms with van der Waals surface area (Å²) in [7, 11) is 0. The van der Waals surface area contributed by atoms with Crippen molar-refractivity contribution in [2.75, 3.05) is 11.9 Å². The molecule has 2 heteroatoms. The van der Waals surface area contributed by atoms with Gasteiger partial charge in [0, 0.05) is 17.8 Å². The maximum absolute atomic E-state index is 11.8. The van der Waals surface area contributed by atoms with Gasteiger partial charge >= 0.3 is 0 Å². The van der Waals surface area contributed by atoms with Crippen molar-refractivity contribution < 1.29 is 4.79 Å². The van der Waals surface area contributed by atoms with Gasteiger partial charge in [0.2, 0.25) is 0 Å². The van der Waals surface area contributed by atoms with Gasteiger partial charge in [0.25, 0.3) is 0 Å². The second kappa shape index (κ2) is 4.85. The monoisotopic (exact) mass is 213 g/mol. The first-order chi connectivity index (χ1) is 7.81. The quantitative estimate of drug-likeness (QED) is 0.604. The maximum Gasteiger partial charge on any atom is 0.174 e. The standard InChI is InChI=1S/C14H15NO/c1-2-3-6-14(16)12-7-8-13-11(10-12)5-4-9-15-13/h7-8,10,15H,4-6,9H2,1H3. The summed E-state index contributed by atoms with van der Waals surface area (Å²) < 4.78 is 0. The minimum absolute atomic E-state index is 0.114. The van der Waals surface area contributed by atoms with Crippen LogP contribution in [-0.2, 0) is 6.42 Å². The molecule has 0 aliphatic carbocycles. The van der Waals surface area contributed by atoms with Crippen LogP contribution in [0, 0.1) is 11.8 Å². The molecule has 1 N–H and O–H groups in total. The normalized spacial score (nSPS) is 13.1. The molecule has 0 aromatic heterocycles. The third-order valence-corrected chi connectivity index (χ3v) is 2.79. The van der Waals surface area contributed by atoms with Crippen molar-refractivity contribution in [3.05, 3.63) is 29.3 Å². The minimum atomic E-state index is 0.114. The average Bonchev–Trinajstić information content (AvgIpc) is 2.35. The van der Waals surface area contributed by atoms with E-state index in [-0.39, 0.29) is 5.78 Å². The van der Waals surface area contributed by atoms with Gasteiger partial charge in [-0.1, -0.05) is 5.92 Å². The number of ketones is 1. The zero-order chi connectivity index (χ0) is 11.4. The summed E-state index contributed by atoms with van der Waals surface area (Å²) in [5.41, 5.74) is 3.20. The van der Waals surface area contributed by atoms with Gasteiger partial charge in [-0.15, -0.1) is 5.92 Å². The Kier molecular flexibility index (Phi) is 3.26. The van der Waals surface area contributed by atoms with E-state index in [0.717, 1.165) is 24.9 Å². The van der Waals surface area contributed by atoms with Crippen molar-refractivity contribution in [2.45, 2.75) is 26.2 Å². The van der Waals surface area contributed by atoms with E-state index in [0.29, 0.717) is 6.42 Å². The molecule has 2 rings (SSSR count). The molecule has 0 amide bonds. The van der Waals surface area contributed by atoms with Crippen LogP contribution in [0.2, 0.25) is 0 Å². The zero-order valence-corrected chi connectivity index (χ0v) is 9.47. The van der Waals surface area contributed by atoms with Crippen LogP contribution in [0.4, 0.5) is 5.69 Å². The van der Waals surface area contributed by atoms with E-state index in [2.05, 4.69) is 17.2 Å². The number of fused-ring (bicyclic) bond motifs is 1. The number of hydrogen-bond donors (Lipinski definition) is 1. The Morgan fingerprint density at radius 1 is 1.50 bits per heavy atom. The van der Waals surface area contributed by atoms with E-state index in [1.807, 2.05) is 18.2 Å². The van der Waals surface area contributed by atoms with Gasteiger partial charge in [-0.25, -0.2) is 0 Å². The summed E-state index contributed by atoms with van der Waals surface area (Å²) in [4.78, 5) is 11.8. The Labute approximate surface area is 96.1 Å². The molecule has 1 aromatic rings. The number of Topliss-reactive ketones (excluding diaryl/α,β-unsaturated/α-hetero) is 1. The summed E-state index contributed by atoms with van der Waals surface area (Å²) in [6.45, 7) is 2.78. The fourth-order valence-corrected chi connectivity index (χ4v) is 1.92. The highest BCUT2D eigenvalue weighted by Gasteiger charge is 2.11. The molecule has 0 bridgehead atoms. The number of carbonyl (C=O) groups excluding carboxylic acids is 1. The molecule has 1 aliphatic heterocycles. The molecule has 16 heavy (non-hydrogen) atoms. The highest BCUT2D eigenvalue weighted by molar-refractivity contribution is 5.98. The lowest BCUT2D eigenvalue weighted by atomic mass is 9.98. The fourth-order valence-electron chi connectivity index (χ4n) is 1.92. The number of hydrogen-bond acceptors (Lipinski definition) is 2. The lowest BCUT2D eigenvalue weighted by molar-refractivity contribution is 0.0998. The summed E-state index contributed by atoms with van der Waals surface area (Å²) in [5.74, 6) is 5.67. The van der Waals surface area contributed by atoms with Gasteiger partial charge < -0.3 is 5.32 Å². The predicted octanol–water partition coefficient (Wildman–Crippen LogP) is 2.64. The third kappa shape index (κ3) is 2.25. The van der Waals surface area contributed by atoms with E-state index in [9.17, 15) is 4.79 Å². The molecule has 82 valence electrons. The molecular formula is C14H15NO. The van der Waals surface area contributed by atoms with E-state index in [4.69, 9.17) is 0 Å². The number of benzene rings is 1. The van der Waals surface area contributed by atoms with Crippen molar-refractivity contribution in [1.29, 1.82) is 0 Å². The lowest BCUT2D eigenvalue weighted by Gasteiger charge is -2.18. The average molecular weight is 213 g/mol. The Balaban J connectivity index is 2.21. The summed E-state index contributed by atoms with van der Waals surface area (Å²) in [6, 6.07) is 5.89. The molecule has 2 nitrogen and oxygen atoms in total. The van der Waals surface area contributed by atoms with Gasteiger partial charge in [-0.05, 0) is 43.5 Å². The van der Waals surface area contributed by atoms with Crippen molar-refractivity contribution in [3.8, 4) is 11.8 Å². The Hall–Kier alpha value is -1.75. The molecule has 0 saturated heterocycles. The number of carbonyl (C=O) groups is 1. The Morgan fingerprint density at radius 2 is 2.38 bits per heavy atom. The first kappa shape index (κ1) is 10.8. The second-order valence-corrected chi connectivity index (χ2v) is 3.93. The maximum atomic E-state index is 11.8. The molecule has 0 fully saturated rings. The van der Waals surface area contributed by atoms with E-state index < -0.39 is 0 Å². The van der Waals surface area contributed by atoms with Gasteiger partial charge in [-0.3, -0.25) is 4.79 Å². The van der Waals surface area contributed by atoms with Crippen molar-refractivity contribution in [3.63, 3.8) is 0 Å². The highest BCUT2D eigenvalue weighted by Crippen LogP contribution is 2.23. The topological polar surface area (TPSA) is 29.1 Å². The smallest absolute Gasteiger partial charge is 0.174 e. The van der Waals surface area contributed by atoms with Gasteiger partial charge in [-0.2, -0.15) is 0 Å². The van der Waals surface area contributed by atoms with Gasteiger partial charge in [0.15, 0.2) is 5.78 Å².